The standard InChI is InChI=1S/C21H19F3N4O/c1-10(13-5-4-6-14(19(13)22)20(23)24)25-21-16-9-17-12(8-18(29)28(17)3)7-15(16)11(2)26-27-21/h4-7,9-10,20H,8H2,1-3H3,(H,25,27)/t10-/m1/s1. The monoisotopic (exact) mass is 400 g/mol. The zero-order chi connectivity index (χ0) is 20.9. The average molecular weight is 400 g/mol. The van der Waals surface area contributed by atoms with E-state index in [9.17, 15) is 18.0 Å². The number of fused-ring (bicyclic) bond motifs is 2. The van der Waals surface area contributed by atoms with Gasteiger partial charge < -0.3 is 10.2 Å². The van der Waals surface area contributed by atoms with Gasteiger partial charge in [-0.15, -0.1) is 5.10 Å². The molecule has 1 aliphatic rings. The molecule has 2 aromatic carbocycles. The van der Waals surface area contributed by atoms with Gasteiger partial charge in [0.1, 0.15) is 5.82 Å². The Hall–Kier alpha value is -3.16. The summed E-state index contributed by atoms with van der Waals surface area (Å²) in [5.74, 6) is -0.531. The Labute approximate surface area is 165 Å². The molecular formula is C21H19F3N4O. The highest BCUT2D eigenvalue weighted by molar-refractivity contribution is 6.06. The Morgan fingerprint density at radius 1 is 1.14 bits per heavy atom. The van der Waals surface area contributed by atoms with E-state index in [0.717, 1.165) is 28.1 Å². The van der Waals surface area contributed by atoms with Crippen LogP contribution in [0.1, 0.15) is 41.8 Å². The summed E-state index contributed by atoms with van der Waals surface area (Å²) in [6.45, 7) is 3.49. The lowest BCUT2D eigenvalue weighted by Gasteiger charge is -2.19. The van der Waals surface area contributed by atoms with Crippen LogP contribution in [0.4, 0.5) is 24.7 Å². The van der Waals surface area contributed by atoms with Crippen LogP contribution in [0.25, 0.3) is 10.8 Å². The quantitative estimate of drug-likeness (QED) is 0.689. The van der Waals surface area contributed by atoms with Gasteiger partial charge >= 0.3 is 0 Å². The van der Waals surface area contributed by atoms with E-state index < -0.39 is 23.8 Å². The molecule has 8 heteroatoms. The van der Waals surface area contributed by atoms with Gasteiger partial charge in [0.2, 0.25) is 5.91 Å². The van der Waals surface area contributed by atoms with Gasteiger partial charge in [-0.1, -0.05) is 18.2 Å². The lowest BCUT2D eigenvalue weighted by atomic mass is 10.0. The van der Waals surface area contributed by atoms with Crippen molar-refractivity contribution < 1.29 is 18.0 Å². The molecule has 150 valence electrons. The Kier molecular flexibility index (Phi) is 4.64. The van der Waals surface area contributed by atoms with Crippen LogP contribution in [0.3, 0.4) is 0 Å². The van der Waals surface area contributed by atoms with E-state index in [-0.39, 0.29) is 11.5 Å². The van der Waals surface area contributed by atoms with Crippen molar-refractivity contribution in [3.8, 4) is 0 Å². The van der Waals surface area contributed by atoms with Crippen LogP contribution in [-0.4, -0.2) is 23.2 Å². The van der Waals surface area contributed by atoms with Gasteiger partial charge in [-0.25, -0.2) is 13.2 Å². The predicted octanol–water partition coefficient (Wildman–Crippen LogP) is 4.71. The first-order valence-electron chi connectivity index (χ1n) is 9.17. The van der Waals surface area contributed by atoms with E-state index in [4.69, 9.17) is 0 Å². The fraction of sp³-hybridized carbons (Fsp3) is 0.286. The van der Waals surface area contributed by atoms with Crippen LogP contribution in [0.5, 0.6) is 0 Å². The number of halogens is 3. The van der Waals surface area contributed by atoms with Gasteiger partial charge in [0.15, 0.2) is 5.82 Å². The number of hydrogen-bond donors (Lipinski definition) is 1. The highest BCUT2D eigenvalue weighted by Crippen LogP contribution is 2.36. The second kappa shape index (κ2) is 7.02. The highest BCUT2D eigenvalue weighted by atomic mass is 19.3. The average Bonchev–Trinajstić information content (AvgIpc) is 2.96. The summed E-state index contributed by atoms with van der Waals surface area (Å²) in [4.78, 5) is 13.6. The van der Waals surface area contributed by atoms with E-state index in [0.29, 0.717) is 17.9 Å². The van der Waals surface area contributed by atoms with Crippen LogP contribution in [-0.2, 0) is 11.2 Å². The number of rotatable bonds is 4. The zero-order valence-electron chi connectivity index (χ0n) is 16.1. The van der Waals surface area contributed by atoms with E-state index in [1.165, 1.54) is 12.1 Å². The molecule has 0 spiro atoms. The van der Waals surface area contributed by atoms with Crippen LogP contribution in [0, 0.1) is 12.7 Å². The molecule has 0 bridgehead atoms. The van der Waals surface area contributed by atoms with Crippen molar-refractivity contribution in [2.45, 2.75) is 32.7 Å². The van der Waals surface area contributed by atoms with Gasteiger partial charge in [-0.3, -0.25) is 4.79 Å². The molecule has 0 fully saturated rings. The van der Waals surface area contributed by atoms with Crippen LogP contribution >= 0.6 is 0 Å². The normalized spacial score (nSPS) is 14.6. The third-order valence-electron chi connectivity index (χ3n) is 5.35. The number of anilines is 2. The lowest BCUT2D eigenvalue weighted by Crippen LogP contribution is -2.20. The minimum absolute atomic E-state index is 0.00244. The van der Waals surface area contributed by atoms with E-state index in [1.807, 2.05) is 19.1 Å². The maximum atomic E-state index is 14.5. The number of hydrogen-bond acceptors (Lipinski definition) is 4. The van der Waals surface area contributed by atoms with Crippen molar-refractivity contribution in [2.75, 3.05) is 17.3 Å². The Balaban J connectivity index is 1.77. The number of aryl methyl sites for hydroxylation is 1. The number of carbonyl (C=O) groups excluding carboxylic acids is 1. The van der Waals surface area contributed by atoms with Gasteiger partial charge in [0.05, 0.1) is 23.7 Å². The molecule has 0 saturated carbocycles. The molecule has 0 saturated heterocycles. The number of aromatic nitrogens is 2. The van der Waals surface area contributed by atoms with Crippen molar-refractivity contribution in [2.24, 2.45) is 0 Å². The third-order valence-corrected chi connectivity index (χ3v) is 5.35. The fourth-order valence-corrected chi connectivity index (χ4v) is 3.69. The molecule has 1 aliphatic heterocycles. The summed E-state index contributed by atoms with van der Waals surface area (Å²) in [7, 11) is 1.71. The van der Waals surface area contributed by atoms with Crippen molar-refractivity contribution in [3.05, 3.63) is 58.5 Å². The Bertz CT molecular complexity index is 1130. The summed E-state index contributed by atoms with van der Waals surface area (Å²) in [6.07, 6.45) is -2.56. The summed E-state index contributed by atoms with van der Waals surface area (Å²) >= 11 is 0. The summed E-state index contributed by atoms with van der Waals surface area (Å²) < 4.78 is 40.6. The molecule has 4 rings (SSSR count). The second-order valence-corrected chi connectivity index (χ2v) is 7.21. The molecule has 1 amide bonds. The first-order valence-corrected chi connectivity index (χ1v) is 9.17. The number of benzene rings is 2. The summed E-state index contributed by atoms with van der Waals surface area (Å²) in [5.41, 5.74) is 1.89. The van der Waals surface area contributed by atoms with Crippen molar-refractivity contribution >= 4 is 28.2 Å². The summed E-state index contributed by atoms with van der Waals surface area (Å²) in [5, 5.41) is 13.0. The SMILES string of the molecule is Cc1nnc(N[C@H](C)c2cccc(C(F)F)c2F)c2cc3c(cc12)CC(=O)N3C. The first kappa shape index (κ1) is 19.2. The van der Waals surface area contributed by atoms with Gasteiger partial charge in [-0.05, 0) is 31.5 Å². The fourth-order valence-electron chi connectivity index (χ4n) is 3.69. The van der Waals surface area contributed by atoms with Gasteiger partial charge in [-0.2, -0.15) is 5.10 Å². The topological polar surface area (TPSA) is 58.1 Å². The van der Waals surface area contributed by atoms with E-state index in [1.54, 1.807) is 18.9 Å². The first-order chi connectivity index (χ1) is 13.8. The molecule has 0 unspecified atom stereocenters. The maximum Gasteiger partial charge on any atom is 0.266 e. The number of likely N-dealkylation sites (N-methyl/N-ethyl adjacent to an activating group) is 1. The zero-order valence-corrected chi connectivity index (χ0v) is 16.1. The number of carbonyl (C=O) groups is 1. The molecule has 1 N–H and O–H groups in total. The van der Waals surface area contributed by atoms with Crippen molar-refractivity contribution in [1.82, 2.24) is 10.2 Å². The number of amides is 1. The molecule has 0 radical (unpaired) electrons. The highest BCUT2D eigenvalue weighted by Gasteiger charge is 2.26. The Morgan fingerprint density at radius 3 is 2.59 bits per heavy atom. The van der Waals surface area contributed by atoms with Crippen molar-refractivity contribution in [3.63, 3.8) is 0 Å². The number of nitrogens with zero attached hydrogens (tertiary/aromatic N) is 3. The van der Waals surface area contributed by atoms with Crippen LogP contribution in [0.15, 0.2) is 30.3 Å². The molecule has 1 atom stereocenters. The maximum absolute atomic E-state index is 14.5. The number of nitrogens with one attached hydrogen (secondary N) is 1. The largest absolute Gasteiger partial charge is 0.361 e. The minimum Gasteiger partial charge on any atom is -0.361 e. The second-order valence-electron chi connectivity index (χ2n) is 7.21. The molecule has 5 nitrogen and oxygen atoms in total. The molecule has 0 aliphatic carbocycles. The number of alkyl halides is 2. The molecule has 2 heterocycles. The van der Waals surface area contributed by atoms with E-state index in [2.05, 4.69) is 15.5 Å². The molecule has 29 heavy (non-hydrogen) atoms. The Morgan fingerprint density at radius 2 is 1.86 bits per heavy atom. The lowest BCUT2D eigenvalue weighted by molar-refractivity contribution is -0.117. The van der Waals surface area contributed by atoms with Gasteiger partial charge in [0, 0.05) is 29.1 Å². The molecular weight excluding hydrogens is 381 g/mol. The van der Waals surface area contributed by atoms with Crippen molar-refractivity contribution in [1.29, 1.82) is 0 Å². The summed E-state index contributed by atoms with van der Waals surface area (Å²) in [6, 6.07) is 7.11. The van der Waals surface area contributed by atoms with Crippen LogP contribution in [0.2, 0.25) is 0 Å². The van der Waals surface area contributed by atoms with Crippen LogP contribution < -0.4 is 10.2 Å². The van der Waals surface area contributed by atoms with Gasteiger partial charge in [0.25, 0.3) is 6.43 Å². The molecule has 3 aromatic rings. The molecule has 1 aromatic heterocycles. The van der Waals surface area contributed by atoms with E-state index >= 15 is 0 Å². The smallest absolute Gasteiger partial charge is 0.266 e. The predicted molar refractivity (Wildman–Crippen MR) is 105 cm³/mol. The third kappa shape index (κ3) is 3.18. The minimum atomic E-state index is -2.89.